The molecule has 4 aromatic rings. The fraction of sp³-hybridized carbons (Fsp3) is 0.150. The van der Waals surface area contributed by atoms with Crippen LogP contribution in [0, 0.1) is 0 Å². The van der Waals surface area contributed by atoms with E-state index >= 15 is 0 Å². The Kier molecular flexibility index (Phi) is 4.82. The van der Waals surface area contributed by atoms with Crippen LogP contribution < -0.4 is 5.32 Å². The minimum atomic E-state index is 0.444. The number of fused-ring (bicyclic) bond motifs is 1. The predicted molar refractivity (Wildman–Crippen MR) is 106 cm³/mol. The summed E-state index contributed by atoms with van der Waals surface area (Å²) >= 11 is 0. The Morgan fingerprint density at radius 1 is 1.07 bits per heavy atom. The van der Waals surface area contributed by atoms with Crippen molar-refractivity contribution in [2.45, 2.75) is 13.0 Å². The maximum Gasteiger partial charge on any atom is 0.224 e. The van der Waals surface area contributed by atoms with Crippen molar-refractivity contribution in [2.24, 2.45) is 4.99 Å². The number of benzene rings is 1. The lowest BCUT2D eigenvalue weighted by Gasteiger charge is -2.11. The number of hydrogen-bond donors (Lipinski definition) is 1. The molecule has 0 spiro atoms. The third-order valence-corrected chi connectivity index (χ3v) is 4.25. The molecule has 0 aliphatic carbocycles. The fourth-order valence-corrected chi connectivity index (χ4v) is 2.92. The molecular weight excluding hydrogens is 338 g/mol. The highest BCUT2D eigenvalue weighted by molar-refractivity contribution is 5.77. The highest BCUT2D eigenvalue weighted by Crippen LogP contribution is 2.20. The number of hydrogen-bond acceptors (Lipinski definition) is 6. The van der Waals surface area contributed by atoms with Gasteiger partial charge in [-0.2, -0.15) is 4.98 Å². The molecule has 0 unspecified atom stereocenters. The Labute approximate surface area is 156 Å². The van der Waals surface area contributed by atoms with E-state index < -0.39 is 0 Å². The van der Waals surface area contributed by atoms with Gasteiger partial charge in [-0.3, -0.25) is 14.5 Å². The third-order valence-electron chi connectivity index (χ3n) is 4.25. The Balaban J connectivity index is 1.61. The number of anilines is 1. The topological polar surface area (TPSA) is 80.9 Å². The van der Waals surface area contributed by atoms with Gasteiger partial charge < -0.3 is 5.32 Å². The van der Waals surface area contributed by atoms with E-state index in [4.69, 9.17) is 4.98 Å². The maximum absolute atomic E-state index is 4.72. The SMILES string of the molecule is C=NCc1cnc(NCCc2ccncc2)nc1-n1cnc2ccccc21. The van der Waals surface area contributed by atoms with E-state index in [1.54, 1.807) is 24.9 Å². The van der Waals surface area contributed by atoms with E-state index in [0.29, 0.717) is 12.5 Å². The van der Waals surface area contributed by atoms with Crippen LogP contribution in [0.3, 0.4) is 0 Å². The number of pyridine rings is 1. The summed E-state index contributed by atoms with van der Waals surface area (Å²) in [5.74, 6) is 1.34. The second kappa shape index (κ2) is 7.74. The predicted octanol–water partition coefficient (Wildman–Crippen LogP) is 3.07. The van der Waals surface area contributed by atoms with Crippen LogP contribution in [0.4, 0.5) is 5.95 Å². The van der Waals surface area contributed by atoms with Gasteiger partial charge in [0.2, 0.25) is 5.95 Å². The van der Waals surface area contributed by atoms with Gasteiger partial charge in [0.05, 0.1) is 17.6 Å². The van der Waals surface area contributed by atoms with E-state index in [1.165, 1.54) is 5.56 Å². The molecule has 0 bridgehead atoms. The minimum absolute atomic E-state index is 0.444. The van der Waals surface area contributed by atoms with Crippen molar-refractivity contribution < 1.29 is 0 Å². The summed E-state index contributed by atoms with van der Waals surface area (Å²) in [6.07, 6.45) is 8.03. The summed E-state index contributed by atoms with van der Waals surface area (Å²) in [4.78, 5) is 21.6. The van der Waals surface area contributed by atoms with Crippen molar-refractivity contribution in [2.75, 3.05) is 11.9 Å². The van der Waals surface area contributed by atoms with Gasteiger partial charge in [-0.15, -0.1) is 0 Å². The van der Waals surface area contributed by atoms with Crippen LogP contribution in [0.15, 0.2) is 66.3 Å². The molecule has 0 saturated heterocycles. The van der Waals surface area contributed by atoms with Crippen LogP contribution >= 0.6 is 0 Å². The zero-order valence-corrected chi connectivity index (χ0v) is 14.8. The lowest BCUT2D eigenvalue weighted by molar-refractivity contribution is 0.911. The highest BCUT2D eigenvalue weighted by atomic mass is 15.2. The molecule has 3 heterocycles. The molecule has 0 atom stereocenters. The van der Waals surface area contributed by atoms with Crippen molar-refractivity contribution in [3.63, 3.8) is 0 Å². The zero-order valence-electron chi connectivity index (χ0n) is 14.8. The van der Waals surface area contributed by atoms with Gasteiger partial charge in [-0.25, -0.2) is 9.97 Å². The van der Waals surface area contributed by atoms with E-state index in [9.17, 15) is 0 Å². The van der Waals surface area contributed by atoms with E-state index in [0.717, 1.165) is 35.4 Å². The van der Waals surface area contributed by atoms with Crippen LogP contribution in [-0.4, -0.2) is 37.8 Å². The number of para-hydroxylation sites is 2. The average Bonchev–Trinajstić information content (AvgIpc) is 3.14. The largest absolute Gasteiger partial charge is 0.354 e. The minimum Gasteiger partial charge on any atom is -0.354 e. The summed E-state index contributed by atoms with van der Waals surface area (Å²) in [5.41, 5.74) is 4.02. The van der Waals surface area contributed by atoms with E-state index in [1.807, 2.05) is 41.0 Å². The molecule has 0 saturated carbocycles. The van der Waals surface area contributed by atoms with E-state index in [-0.39, 0.29) is 0 Å². The van der Waals surface area contributed by atoms with E-state index in [2.05, 4.69) is 32.0 Å². The molecule has 1 N–H and O–H groups in total. The molecule has 0 amide bonds. The molecule has 134 valence electrons. The molecule has 0 radical (unpaired) electrons. The molecule has 4 rings (SSSR count). The number of nitrogens with one attached hydrogen (secondary N) is 1. The molecule has 27 heavy (non-hydrogen) atoms. The molecule has 1 aromatic carbocycles. The summed E-state index contributed by atoms with van der Waals surface area (Å²) in [5, 5.41) is 3.29. The first-order valence-electron chi connectivity index (χ1n) is 8.69. The van der Waals surface area contributed by atoms with Crippen molar-refractivity contribution in [1.29, 1.82) is 0 Å². The van der Waals surface area contributed by atoms with Crippen molar-refractivity contribution >= 4 is 23.7 Å². The maximum atomic E-state index is 4.72. The van der Waals surface area contributed by atoms with Crippen molar-refractivity contribution in [3.8, 4) is 5.82 Å². The highest BCUT2D eigenvalue weighted by Gasteiger charge is 2.12. The Morgan fingerprint density at radius 2 is 1.93 bits per heavy atom. The lowest BCUT2D eigenvalue weighted by Crippen LogP contribution is -2.11. The van der Waals surface area contributed by atoms with Crippen molar-refractivity contribution in [1.82, 2.24) is 24.5 Å². The quantitative estimate of drug-likeness (QED) is 0.514. The number of aliphatic imine (C=N–C) groups is 1. The Morgan fingerprint density at radius 3 is 2.78 bits per heavy atom. The lowest BCUT2D eigenvalue weighted by atomic mass is 10.2. The normalized spacial score (nSPS) is 10.8. The molecule has 7 nitrogen and oxygen atoms in total. The molecule has 7 heteroatoms. The molecular formula is C20H19N7. The van der Waals surface area contributed by atoms with Crippen LogP contribution in [-0.2, 0) is 13.0 Å². The molecule has 0 fully saturated rings. The average molecular weight is 357 g/mol. The standard InChI is InChI=1S/C20H19N7/c1-21-12-16-13-24-20(23-11-8-15-6-9-22-10-7-15)26-19(16)27-14-25-17-4-2-3-5-18(17)27/h2-7,9-10,13-14H,1,8,11-12H2,(H,23,24,26). The second-order valence-electron chi connectivity index (χ2n) is 6.06. The summed E-state index contributed by atoms with van der Waals surface area (Å²) in [6, 6.07) is 12.0. The first kappa shape index (κ1) is 16.8. The smallest absolute Gasteiger partial charge is 0.224 e. The van der Waals surface area contributed by atoms with Crippen LogP contribution in [0.5, 0.6) is 0 Å². The molecule has 3 aromatic heterocycles. The molecule has 0 aliphatic heterocycles. The Bertz CT molecular complexity index is 1060. The van der Waals surface area contributed by atoms with Gasteiger partial charge in [0.1, 0.15) is 12.1 Å². The monoisotopic (exact) mass is 357 g/mol. The summed E-state index contributed by atoms with van der Waals surface area (Å²) in [7, 11) is 0. The van der Waals surface area contributed by atoms with Gasteiger partial charge >= 0.3 is 0 Å². The number of rotatable bonds is 7. The number of imidazole rings is 1. The Hall–Kier alpha value is -3.61. The number of aromatic nitrogens is 5. The molecule has 0 aliphatic rings. The summed E-state index contributed by atoms with van der Waals surface area (Å²) in [6.45, 7) is 4.77. The van der Waals surface area contributed by atoms with Crippen LogP contribution in [0.1, 0.15) is 11.1 Å². The second-order valence-corrected chi connectivity index (χ2v) is 6.06. The first-order chi connectivity index (χ1) is 13.3. The van der Waals surface area contributed by atoms with Gasteiger partial charge in [-0.1, -0.05) is 12.1 Å². The van der Waals surface area contributed by atoms with Crippen LogP contribution in [0.2, 0.25) is 0 Å². The fourth-order valence-electron chi connectivity index (χ4n) is 2.92. The zero-order chi connectivity index (χ0) is 18.5. The van der Waals surface area contributed by atoms with Gasteiger partial charge in [0.25, 0.3) is 0 Å². The third kappa shape index (κ3) is 3.67. The first-order valence-corrected chi connectivity index (χ1v) is 8.69. The van der Waals surface area contributed by atoms with Crippen molar-refractivity contribution in [3.05, 3.63) is 72.4 Å². The van der Waals surface area contributed by atoms with Gasteiger partial charge in [-0.05, 0) is 43.0 Å². The number of nitrogens with zero attached hydrogens (tertiary/aromatic N) is 6. The van der Waals surface area contributed by atoms with Gasteiger partial charge in [0.15, 0.2) is 0 Å². The summed E-state index contributed by atoms with van der Waals surface area (Å²) < 4.78 is 1.96. The van der Waals surface area contributed by atoms with Crippen LogP contribution in [0.25, 0.3) is 16.9 Å². The van der Waals surface area contributed by atoms with Gasteiger partial charge in [0, 0.05) is 30.7 Å².